The highest BCUT2D eigenvalue weighted by Crippen LogP contribution is 2.17. The number of halogens is 1. The zero-order chi connectivity index (χ0) is 18.7. The SMILES string of the molecule is CCNC(=O)[C@@H]1C[C@@H](N)CN1C(=O)COCc1nc2ccc(F)cc2[nH]1. The number of nitrogens with zero attached hydrogens (tertiary/aromatic N) is 2. The summed E-state index contributed by atoms with van der Waals surface area (Å²) >= 11 is 0. The Morgan fingerprint density at radius 2 is 2.31 bits per heavy atom. The van der Waals surface area contributed by atoms with E-state index in [-0.39, 0.29) is 36.9 Å². The molecule has 9 heteroatoms. The highest BCUT2D eigenvalue weighted by Gasteiger charge is 2.37. The van der Waals surface area contributed by atoms with Crippen LogP contribution in [0.2, 0.25) is 0 Å². The maximum absolute atomic E-state index is 13.2. The van der Waals surface area contributed by atoms with Crippen molar-refractivity contribution in [3.05, 3.63) is 29.8 Å². The van der Waals surface area contributed by atoms with Gasteiger partial charge in [-0.2, -0.15) is 0 Å². The highest BCUT2D eigenvalue weighted by atomic mass is 19.1. The quantitative estimate of drug-likeness (QED) is 0.682. The molecule has 1 aromatic carbocycles. The molecule has 2 atom stereocenters. The molecular weight excluding hydrogens is 341 g/mol. The number of aromatic amines is 1. The number of likely N-dealkylation sites (N-methyl/N-ethyl adjacent to an activating group) is 1. The Labute approximate surface area is 149 Å². The Bertz CT molecular complexity index is 809. The van der Waals surface area contributed by atoms with Crippen molar-refractivity contribution in [2.45, 2.75) is 32.0 Å². The molecule has 1 aromatic heterocycles. The number of likely N-dealkylation sites (tertiary alicyclic amines) is 1. The van der Waals surface area contributed by atoms with Crippen LogP contribution in [-0.2, 0) is 20.9 Å². The van der Waals surface area contributed by atoms with Crippen molar-refractivity contribution in [3.8, 4) is 0 Å². The van der Waals surface area contributed by atoms with Crippen LogP contribution in [0.4, 0.5) is 4.39 Å². The fraction of sp³-hybridized carbons (Fsp3) is 0.471. The van der Waals surface area contributed by atoms with Gasteiger partial charge in [0.15, 0.2) is 0 Å². The molecule has 1 saturated heterocycles. The number of carbonyl (C=O) groups is 2. The van der Waals surface area contributed by atoms with Gasteiger partial charge in [0, 0.05) is 19.1 Å². The summed E-state index contributed by atoms with van der Waals surface area (Å²) in [5.74, 6) is -0.355. The van der Waals surface area contributed by atoms with E-state index in [9.17, 15) is 14.0 Å². The molecule has 26 heavy (non-hydrogen) atoms. The Hall–Kier alpha value is -2.52. The van der Waals surface area contributed by atoms with Crippen LogP contribution in [0.3, 0.4) is 0 Å². The Morgan fingerprint density at radius 3 is 3.08 bits per heavy atom. The summed E-state index contributed by atoms with van der Waals surface area (Å²) in [5, 5.41) is 2.72. The van der Waals surface area contributed by atoms with E-state index >= 15 is 0 Å². The largest absolute Gasteiger partial charge is 0.364 e. The van der Waals surface area contributed by atoms with Crippen molar-refractivity contribution >= 4 is 22.8 Å². The van der Waals surface area contributed by atoms with Gasteiger partial charge in [0.05, 0.1) is 11.0 Å². The van der Waals surface area contributed by atoms with Gasteiger partial charge >= 0.3 is 0 Å². The minimum absolute atomic E-state index is 0.0771. The lowest BCUT2D eigenvalue weighted by atomic mass is 10.1. The minimum atomic E-state index is -0.560. The normalized spacial score (nSPS) is 19.9. The van der Waals surface area contributed by atoms with Crippen molar-refractivity contribution < 1.29 is 18.7 Å². The number of carbonyl (C=O) groups excluding carboxylic acids is 2. The van der Waals surface area contributed by atoms with E-state index in [1.165, 1.54) is 17.0 Å². The van der Waals surface area contributed by atoms with E-state index in [0.29, 0.717) is 36.4 Å². The molecule has 2 amide bonds. The molecule has 0 radical (unpaired) electrons. The number of H-pyrrole nitrogens is 1. The van der Waals surface area contributed by atoms with Crippen LogP contribution in [0.25, 0.3) is 11.0 Å². The summed E-state index contributed by atoms with van der Waals surface area (Å²) in [6.45, 7) is 2.53. The van der Waals surface area contributed by atoms with Gasteiger partial charge in [0.2, 0.25) is 11.8 Å². The van der Waals surface area contributed by atoms with E-state index in [4.69, 9.17) is 10.5 Å². The van der Waals surface area contributed by atoms with Gasteiger partial charge in [0.1, 0.15) is 30.9 Å². The van der Waals surface area contributed by atoms with Gasteiger partial charge in [-0.1, -0.05) is 0 Å². The number of imidazole rings is 1. The molecule has 4 N–H and O–H groups in total. The zero-order valence-electron chi connectivity index (χ0n) is 14.5. The lowest BCUT2D eigenvalue weighted by Crippen LogP contribution is -2.47. The van der Waals surface area contributed by atoms with Crippen LogP contribution in [0, 0.1) is 5.82 Å². The first-order valence-electron chi connectivity index (χ1n) is 8.52. The van der Waals surface area contributed by atoms with Crippen LogP contribution in [-0.4, -0.2) is 58.5 Å². The molecule has 1 fully saturated rings. The standard InChI is InChI=1S/C17H22FN5O3/c1-2-20-17(25)14-6-11(19)7-23(14)16(24)9-26-8-15-21-12-4-3-10(18)5-13(12)22-15/h3-5,11,14H,2,6-9,19H2,1H3,(H,20,25)(H,21,22)/t11-,14+/m1/s1. The van der Waals surface area contributed by atoms with Crippen molar-refractivity contribution in [3.63, 3.8) is 0 Å². The Morgan fingerprint density at radius 1 is 1.50 bits per heavy atom. The number of aromatic nitrogens is 2. The summed E-state index contributed by atoms with van der Waals surface area (Å²) < 4.78 is 18.6. The highest BCUT2D eigenvalue weighted by molar-refractivity contribution is 5.88. The molecule has 3 rings (SSSR count). The molecule has 0 aliphatic carbocycles. The minimum Gasteiger partial charge on any atom is -0.364 e. The van der Waals surface area contributed by atoms with E-state index in [1.807, 2.05) is 6.92 Å². The second kappa shape index (κ2) is 7.79. The Kier molecular flexibility index (Phi) is 5.48. The fourth-order valence-corrected chi connectivity index (χ4v) is 3.11. The number of fused-ring (bicyclic) bond motifs is 1. The number of nitrogens with one attached hydrogen (secondary N) is 2. The van der Waals surface area contributed by atoms with Crippen LogP contribution in [0.5, 0.6) is 0 Å². The third-order valence-corrected chi connectivity index (χ3v) is 4.26. The summed E-state index contributed by atoms with van der Waals surface area (Å²) in [4.78, 5) is 33.2. The summed E-state index contributed by atoms with van der Waals surface area (Å²) in [6.07, 6.45) is 0.437. The molecule has 140 valence electrons. The molecule has 8 nitrogen and oxygen atoms in total. The zero-order valence-corrected chi connectivity index (χ0v) is 14.5. The number of rotatable bonds is 6. The summed E-state index contributed by atoms with van der Waals surface area (Å²) in [5.41, 5.74) is 7.09. The van der Waals surface area contributed by atoms with E-state index in [1.54, 1.807) is 6.07 Å². The molecule has 1 aliphatic rings. The first-order chi connectivity index (χ1) is 12.5. The first kappa shape index (κ1) is 18.3. The molecule has 2 heterocycles. The predicted octanol–water partition coefficient (Wildman–Crippen LogP) is 0.283. The van der Waals surface area contributed by atoms with E-state index in [0.717, 1.165) is 0 Å². The Balaban J connectivity index is 1.56. The van der Waals surface area contributed by atoms with Crippen molar-refractivity contribution in [2.24, 2.45) is 5.73 Å². The number of nitrogens with two attached hydrogens (primary N) is 1. The maximum atomic E-state index is 13.2. The van der Waals surface area contributed by atoms with Crippen LogP contribution in [0.1, 0.15) is 19.2 Å². The van der Waals surface area contributed by atoms with Crippen molar-refractivity contribution in [1.82, 2.24) is 20.2 Å². The lowest BCUT2D eigenvalue weighted by molar-refractivity contribution is -0.142. The fourth-order valence-electron chi connectivity index (χ4n) is 3.11. The topological polar surface area (TPSA) is 113 Å². The molecule has 0 bridgehead atoms. The van der Waals surface area contributed by atoms with E-state index < -0.39 is 6.04 Å². The second-order valence-electron chi connectivity index (χ2n) is 6.29. The molecular formula is C17H22FN5O3. The van der Waals surface area contributed by atoms with Gasteiger partial charge in [-0.3, -0.25) is 9.59 Å². The number of hydrogen-bond donors (Lipinski definition) is 3. The first-order valence-corrected chi connectivity index (χ1v) is 8.52. The van der Waals surface area contributed by atoms with Gasteiger partial charge in [-0.15, -0.1) is 0 Å². The van der Waals surface area contributed by atoms with Crippen molar-refractivity contribution in [2.75, 3.05) is 19.7 Å². The number of ether oxygens (including phenoxy) is 1. The van der Waals surface area contributed by atoms with Crippen LogP contribution < -0.4 is 11.1 Å². The van der Waals surface area contributed by atoms with E-state index in [2.05, 4.69) is 15.3 Å². The maximum Gasteiger partial charge on any atom is 0.249 e. The monoisotopic (exact) mass is 363 g/mol. The average Bonchev–Trinajstić information content (AvgIpc) is 3.17. The number of amides is 2. The number of hydrogen-bond acceptors (Lipinski definition) is 5. The molecule has 0 unspecified atom stereocenters. The predicted molar refractivity (Wildman–Crippen MR) is 92.5 cm³/mol. The molecule has 2 aromatic rings. The summed E-state index contributed by atoms with van der Waals surface area (Å²) in [7, 11) is 0. The molecule has 0 saturated carbocycles. The average molecular weight is 363 g/mol. The van der Waals surface area contributed by atoms with Gasteiger partial charge in [-0.05, 0) is 31.5 Å². The lowest BCUT2D eigenvalue weighted by Gasteiger charge is -2.23. The van der Waals surface area contributed by atoms with Crippen LogP contribution in [0.15, 0.2) is 18.2 Å². The smallest absolute Gasteiger partial charge is 0.249 e. The van der Waals surface area contributed by atoms with Crippen molar-refractivity contribution in [1.29, 1.82) is 0 Å². The van der Waals surface area contributed by atoms with Crippen LogP contribution >= 0.6 is 0 Å². The number of benzene rings is 1. The molecule has 0 spiro atoms. The third-order valence-electron chi connectivity index (χ3n) is 4.26. The second-order valence-corrected chi connectivity index (χ2v) is 6.29. The molecule has 1 aliphatic heterocycles. The summed E-state index contributed by atoms with van der Waals surface area (Å²) in [6, 6.07) is 3.46. The third kappa shape index (κ3) is 4.00. The van der Waals surface area contributed by atoms with Gasteiger partial charge in [0.25, 0.3) is 0 Å². The van der Waals surface area contributed by atoms with Gasteiger partial charge < -0.3 is 25.7 Å². The van der Waals surface area contributed by atoms with Gasteiger partial charge in [-0.25, -0.2) is 9.37 Å².